The van der Waals surface area contributed by atoms with E-state index in [0.717, 1.165) is 11.3 Å². The summed E-state index contributed by atoms with van der Waals surface area (Å²) in [5.41, 5.74) is 5.49. The molecule has 0 bridgehead atoms. The maximum atomic E-state index is 12.1. The predicted molar refractivity (Wildman–Crippen MR) is 70.9 cm³/mol. The third kappa shape index (κ3) is 3.10. The molecule has 1 saturated heterocycles. The van der Waals surface area contributed by atoms with Gasteiger partial charge in [0.2, 0.25) is 10.0 Å². The zero-order valence-electron chi connectivity index (χ0n) is 10.3. The first-order chi connectivity index (χ1) is 8.53. The minimum atomic E-state index is -3.43. The Balaban J connectivity index is 2.06. The third-order valence-corrected chi connectivity index (χ3v) is 6.27. The summed E-state index contributed by atoms with van der Waals surface area (Å²) in [5, 5.41) is 0. The van der Waals surface area contributed by atoms with Crippen LogP contribution in [0.5, 0.6) is 0 Å². The van der Waals surface area contributed by atoms with Crippen molar-refractivity contribution in [3.63, 3.8) is 0 Å². The minimum Gasteiger partial charge on any atom is -0.381 e. The van der Waals surface area contributed by atoms with Gasteiger partial charge >= 0.3 is 0 Å². The van der Waals surface area contributed by atoms with Gasteiger partial charge in [0, 0.05) is 30.0 Å². The topological polar surface area (TPSA) is 81.4 Å². The molecule has 102 valence electrons. The number of rotatable bonds is 5. The highest BCUT2D eigenvalue weighted by molar-refractivity contribution is 7.91. The summed E-state index contributed by atoms with van der Waals surface area (Å²) in [6, 6.07) is 3.25. The molecular weight excluding hydrogens is 272 g/mol. The number of nitrogens with two attached hydrogens (primary N) is 1. The molecular formula is C11H18N2O3S2. The van der Waals surface area contributed by atoms with E-state index >= 15 is 0 Å². The Bertz CT molecular complexity index is 492. The van der Waals surface area contributed by atoms with Gasteiger partial charge in [-0.15, -0.1) is 11.3 Å². The number of thiophene rings is 1. The molecule has 0 radical (unpaired) electrons. The van der Waals surface area contributed by atoms with Crippen LogP contribution in [0, 0.1) is 5.92 Å². The van der Waals surface area contributed by atoms with Gasteiger partial charge in [-0.1, -0.05) is 0 Å². The van der Waals surface area contributed by atoms with Crippen LogP contribution in [-0.2, 0) is 21.3 Å². The molecule has 2 rings (SSSR count). The molecule has 7 heteroatoms. The molecule has 0 spiro atoms. The summed E-state index contributed by atoms with van der Waals surface area (Å²) in [6.45, 7) is 3.59. The van der Waals surface area contributed by atoms with Gasteiger partial charge in [0.15, 0.2) is 0 Å². The Kier molecular flexibility index (Phi) is 4.39. The average Bonchev–Trinajstić information content (AvgIpc) is 3.00. The predicted octanol–water partition coefficient (Wildman–Crippen LogP) is 0.910. The van der Waals surface area contributed by atoms with Gasteiger partial charge in [0.25, 0.3) is 0 Å². The number of hydrogen-bond acceptors (Lipinski definition) is 5. The van der Waals surface area contributed by atoms with E-state index in [1.54, 1.807) is 12.1 Å². The summed E-state index contributed by atoms with van der Waals surface area (Å²) < 4.78 is 32.6. The molecule has 2 atom stereocenters. The first-order valence-electron chi connectivity index (χ1n) is 5.92. The molecule has 0 amide bonds. The lowest BCUT2D eigenvalue weighted by Gasteiger charge is -2.18. The molecule has 1 aromatic heterocycles. The second kappa shape index (κ2) is 5.66. The molecule has 1 aromatic rings. The lowest BCUT2D eigenvalue weighted by molar-refractivity contribution is 0.180. The quantitative estimate of drug-likeness (QED) is 0.844. The standard InChI is InChI=1S/C11H18N2O3S2/c1-8(9-4-5-16-7-9)13-18(14,15)11-3-2-10(6-12)17-11/h2-3,8-9,13H,4-7,12H2,1H3. The molecule has 2 unspecified atom stereocenters. The first kappa shape index (κ1) is 14.0. The van der Waals surface area contributed by atoms with Gasteiger partial charge in [-0.3, -0.25) is 0 Å². The molecule has 1 aliphatic heterocycles. The summed E-state index contributed by atoms with van der Waals surface area (Å²) >= 11 is 1.22. The van der Waals surface area contributed by atoms with E-state index < -0.39 is 10.0 Å². The highest BCUT2D eigenvalue weighted by Gasteiger charge is 2.27. The lowest BCUT2D eigenvalue weighted by Crippen LogP contribution is -2.38. The second-order valence-electron chi connectivity index (χ2n) is 4.46. The Hall–Kier alpha value is -0.470. The van der Waals surface area contributed by atoms with Crippen molar-refractivity contribution < 1.29 is 13.2 Å². The third-order valence-electron chi connectivity index (χ3n) is 3.12. The SMILES string of the molecule is CC(NS(=O)(=O)c1ccc(CN)s1)C1CCOC1. The summed E-state index contributed by atoms with van der Waals surface area (Å²) in [6.07, 6.45) is 0.905. The molecule has 3 N–H and O–H groups in total. The van der Waals surface area contributed by atoms with Gasteiger partial charge in [-0.25, -0.2) is 13.1 Å². The van der Waals surface area contributed by atoms with Crippen LogP contribution in [0.2, 0.25) is 0 Å². The highest BCUT2D eigenvalue weighted by Crippen LogP contribution is 2.23. The monoisotopic (exact) mass is 290 g/mol. The van der Waals surface area contributed by atoms with E-state index in [4.69, 9.17) is 10.5 Å². The van der Waals surface area contributed by atoms with Crippen LogP contribution < -0.4 is 10.5 Å². The van der Waals surface area contributed by atoms with Crippen LogP contribution >= 0.6 is 11.3 Å². The van der Waals surface area contributed by atoms with Crippen molar-refractivity contribution in [2.75, 3.05) is 13.2 Å². The number of sulfonamides is 1. The number of nitrogens with one attached hydrogen (secondary N) is 1. The van der Waals surface area contributed by atoms with Crippen LogP contribution in [0.1, 0.15) is 18.2 Å². The van der Waals surface area contributed by atoms with Crippen molar-refractivity contribution in [2.24, 2.45) is 11.7 Å². The molecule has 0 saturated carbocycles. The van der Waals surface area contributed by atoms with E-state index in [2.05, 4.69) is 4.72 Å². The zero-order valence-corrected chi connectivity index (χ0v) is 11.9. The molecule has 0 aliphatic carbocycles. The number of ether oxygens (including phenoxy) is 1. The Morgan fingerprint density at radius 1 is 1.61 bits per heavy atom. The first-order valence-corrected chi connectivity index (χ1v) is 8.22. The van der Waals surface area contributed by atoms with Crippen molar-refractivity contribution in [3.05, 3.63) is 17.0 Å². The van der Waals surface area contributed by atoms with E-state index in [0.29, 0.717) is 24.0 Å². The highest BCUT2D eigenvalue weighted by atomic mass is 32.2. The second-order valence-corrected chi connectivity index (χ2v) is 7.57. The van der Waals surface area contributed by atoms with Crippen molar-refractivity contribution in [1.82, 2.24) is 4.72 Å². The van der Waals surface area contributed by atoms with E-state index in [-0.39, 0.29) is 12.0 Å². The molecule has 18 heavy (non-hydrogen) atoms. The van der Waals surface area contributed by atoms with Crippen LogP contribution in [-0.4, -0.2) is 27.7 Å². The molecule has 2 heterocycles. The molecule has 5 nitrogen and oxygen atoms in total. The zero-order chi connectivity index (χ0) is 13.2. The maximum absolute atomic E-state index is 12.1. The van der Waals surface area contributed by atoms with Crippen molar-refractivity contribution in [3.8, 4) is 0 Å². The Morgan fingerprint density at radius 2 is 2.39 bits per heavy atom. The number of hydrogen-bond donors (Lipinski definition) is 2. The van der Waals surface area contributed by atoms with Gasteiger partial charge < -0.3 is 10.5 Å². The molecule has 0 aromatic carbocycles. The fourth-order valence-electron chi connectivity index (χ4n) is 1.96. The maximum Gasteiger partial charge on any atom is 0.250 e. The van der Waals surface area contributed by atoms with Crippen molar-refractivity contribution in [2.45, 2.75) is 30.1 Å². The fraction of sp³-hybridized carbons (Fsp3) is 0.636. The fourth-order valence-corrected chi connectivity index (χ4v) is 4.52. The van der Waals surface area contributed by atoms with Crippen molar-refractivity contribution in [1.29, 1.82) is 0 Å². The van der Waals surface area contributed by atoms with Crippen LogP contribution in [0.3, 0.4) is 0 Å². The molecule has 1 aliphatic rings. The van der Waals surface area contributed by atoms with E-state index in [1.165, 1.54) is 11.3 Å². The van der Waals surface area contributed by atoms with Crippen LogP contribution in [0.4, 0.5) is 0 Å². The average molecular weight is 290 g/mol. The van der Waals surface area contributed by atoms with E-state index in [9.17, 15) is 8.42 Å². The largest absolute Gasteiger partial charge is 0.381 e. The van der Waals surface area contributed by atoms with Crippen LogP contribution in [0.15, 0.2) is 16.3 Å². The normalized spacial score (nSPS) is 22.2. The Labute approximate surface area is 111 Å². The molecule has 1 fully saturated rings. The summed E-state index contributed by atoms with van der Waals surface area (Å²) in [4.78, 5) is 0.868. The van der Waals surface area contributed by atoms with Gasteiger partial charge in [0.1, 0.15) is 4.21 Å². The Morgan fingerprint density at radius 3 is 2.94 bits per heavy atom. The lowest BCUT2D eigenvalue weighted by atomic mass is 10.0. The van der Waals surface area contributed by atoms with E-state index in [1.807, 2.05) is 6.92 Å². The van der Waals surface area contributed by atoms with Crippen LogP contribution in [0.25, 0.3) is 0 Å². The summed E-state index contributed by atoms with van der Waals surface area (Å²) in [5.74, 6) is 0.258. The van der Waals surface area contributed by atoms with Gasteiger partial charge in [0.05, 0.1) is 6.61 Å². The van der Waals surface area contributed by atoms with Crippen molar-refractivity contribution >= 4 is 21.4 Å². The smallest absolute Gasteiger partial charge is 0.250 e. The van der Waals surface area contributed by atoms with Gasteiger partial charge in [-0.2, -0.15) is 0 Å². The van der Waals surface area contributed by atoms with Gasteiger partial charge in [-0.05, 0) is 25.5 Å². The minimum absolute atomic E-state index is 0.110. The summed E-state index contributed by atoms with van der Waals surface area (Å²) in [7, 11) is -3.43.